The van der Waals surface area contributed by atoms with Crippen LogP contribution in [0.15, 0.2) is 18.3 Å². The molecule has 1 heterocycles. The molecule has 0 spiro atoms. The Labute approximate surface area is 70.4 Å². The van der Waals surface area contributed by atoms with Crippen LogP contribution in [0.2, 0.25) is 0 Å². The van der Waals surface area contributed by atoms with Gasteiger partial charge >= 0.3 is 0 Å². The first-order valence-corrected chi connectivity index (χ1v) is 3.85. The Hall–Kier alpha value is -1.25. The van der Waals surface area contributed by atoms with Gasteiger partial charge in [0.1, 0.15) is 11.6 Å². The quantitative estimate of drug-likeness (QED) is 0.686. The molecule has 0 saturated heterocycles. The highest BCUT2D eigenvalue weighted by Crippen LogP contribution is 2.04. The number of hydrogen-bond donors (Lipinski definition) is 0. The number of pyridine rings is 1. The number of carbonyl (C=O) groups is 1. The Bertz CT molecular complexity index is 286. The number of rotatable bonds is 3. The van der Waals surface area contributed by atoms with E-state index >= 15 is 0 Å². The smallest absolute Gasteiger partial charge is 0.145 e. The number of ketones is 1. The molecule has 0 unspecified atom stereocenters. The first-order valence-electron chi connectivity index (χ1n) is 3.85. The normalized spacial score (nSPS) is 9.83. The van der Waals surface area contributed by atoms with Gasteiger partial charge in [-0.3, -0.25) is 9.78 Å². The summed E-state index contributed by atoms with van der Waals surface area (Å²) < 4.78 is 12.9. The number of halogens is 1. The van der Waals surface area contributed by atoms with E-state index in [1.165, 1.54) is 18.3 Å². The van der Waals surface area contributed by atoms with E-state index in [0.29, 0.717) is 6.42 Å². The lowest BCUT2D eigenvalue weighted by molar-refractivity contribution is -0.118. The number of Topliss-reactive ketones (excluding diaryl/α,β-unsaturated/α-hetero) is 1. The fourth-order valence-electron chi connectivity index (χ4n) is 0.860. The molecule has 2 nitrogen and oxygen atoms in total. The lowest BCUT2D eigenvalue weighted by atomic mass is 10.1. The van der Waals surface area contributed by atoms with E-state index in [9.17, 15) is 9.18 Å². The topological polar surface area (TPSA) is 30.0 Å². The molecule has 3 heteroatoms. The van der Waals surface area contributed by atoms with Crippen molar-refractivity contribution in [2.45, 2.75) is 19.8 Å². The summed E-state index contributed by atoms with van der Waals surface area (Å²) in [6.45, 7) is 1.75. The van der Waals surface area contributed by atoms with Crippen LogP contribution in [0.5, 0.6) is 0 Å². The molecule has 0 radical (unpaired) electrons. The molecular formula is C9H10FNO. The highest BCUT2D eigenvalue weighted by Gasteiger charge is 2.06. The Morgan fingerprint density at radius 2 is 2.42 bits per heavy atom. The van der Waals surface area contributed by atoms with E-state index < -0.39 is 5.82 Å². The van der Waals surface area contributed by atoms with Crippen molar-refractivity contribution in [2.75, 3.05) is 0 Å². The summed E-state index contributed by atoms with van der Waals surface area (Å²) in [5, 5.41) is 0. The van der Waals surface area contributed by atoms with Gasteiger partial charge in [0.2, 0.25) is 0 Å². The zero-order valence-corrected chi connectivity index (χ0v) is 6.88. The van der Waals surface area contributed by atoms with Crippen LogP contribution in [-0.4, -0.2) is 10.8 Å². The molecule has 0 fully saturated rings. The van der Waals surface area contributed by atoms with E-state index in [4.69, 9.17) is 0 Å². The monoisotopic (exact) mass is 167 g/mol. The molecule has 1 aromatic heterocycles. The van der Waals surface area contributed by atoms with Gasteiger partial charge in [0, 0.05) is 12.6 Å². The minimum atomic E-state index is -0.403. The standard InChI is InChI=1S/C9H10FNO/c1-2-7(12)6-9-8(10)4-3-5-11-9/h3-5H,2,6H2,1H3. The van der Waals surface area contributed by atoms with E-state index in [0.717, 1.165) is 0 Å². The van der Waals surface area contributed by atoms with Crippen LogP contribution in [0.3, 0.4) is 0 Å². The molecule has 1 aromatic rings. The Morgan fingerprint density at radius 1 is 1.67 bits per heavy atom. The van der Waals surface area contributed by atoms with Crippen molar-refractivity contribution in [1.29, 1.82) is 0 Å². The van der Waals surface area contributed by atoms with Crippen LogP contribution in [0.4, 0.5) is 4.39 Å². The second kappa shape index (κ2) is 3.95. The maximum Gasteiger partial charge on any atom is 0.145 e. The van der Waals surface area contributed by atoms with Gasteiger partial charge in [-0.1, -0.05) is 6.92 Å². The molecule has 0 atom stereocenters. The van der Waals surface area contributed by atoms with Crippen molar-refractivity contribution in [2.24, 2.45) is 0 Å². The lowest BCUT2D eigenvalue weighted by Gasteiger charge is -1.98. The summed E-state index contributed by atoms with van der Waals surface area (Å²) in [5.41, 5.74) is 0.240. The minimum absolute atomic E-state index is 0.00704. The summed E-state index contributed by atoms with van der Waals surface area (Å²) in [5.74, 6) is -0.396. The van der Waals surface area contributed by atoms with Gasteiger partial charge < -0.3 is 0 Å². The Balaban J connectivity index is 2.75. The molecule has 12 heavy (non-hydrogen) atoms. The molecular weight excluding hydrogens is 157 g/mol. The molecule has 0 aromatic carbocycles. The minimum Gasteiger partial charge on any atom is -0.299 e. The molecule has 0 saturated carbocycles. The maximum absolute atomic E-state index is 12.9. The van der Waals surface area contributed by atoms with Gasteiger partial charge in [0.25, 0.3) is 0 Å². The first kappa shape index (κ1) is 8.84. The molecule has 0 bridgehead atoms. The molecule has 64 valence electrons. The summed E-state index contributed by atoms with van der Waals surface area (Å²) in [4.78, 5) is 14.7. The van der Waals surface area contributed by atoms with Gasteiger partial charge in [-0.25, -0.2) is 4.39 Å². The fourth-order valence-corrected chi connectivity index (χ4v) is 0.860. The third kappa shape index (κ3) is 2.12. The second-order valence-electron chi connectivity index (χ2n) is 2.50. The molecule has 1 rings (SSSR count). The number of nitrogens with zero attached hydrogens (tertiary/aromatic N) is 1. The lowest BCUT2D eigenvalue weighted by Crippen LogP contribution is -2.04. The zero-order valence-electron chi connectivity index (χ0n) is 6.88. The largest absolute Gasteiger partial charge is 0.299 e. The molecule has 0 N–H and O–H groups in total. The van der Waals surface area contributed by atoms with Crippen LogP contribution in [0.1, 0.15) is 19.0 Å². The van der Waals surface area contributed by atoms with Crippen LogP contribution in [0, 0.1) is 5.82 Å². The Kier molecular flexibility index (Phi) is 2.91. The highest BCUT2D eigenvalue weighted by molar-refractivity contribution is 5.80. The zero-order chi connectivity index (χ0) is 8.97. The average Bonchev–Trinajstić information content (AvgIpc) is 2.09. The van der Waals surface area contributed by atoms with Crippen LogP contribution < -0.4 is 0 Å². The predicted octanol–water partition coefficient (Wildman–Crippen LogP) is 1.74. The van der Waals surface area contributed by atoms with Crippen LogP contribution >= 0.6 is 0 Å². The summed E-state index contributed by atoms with van der Waals surface area (Å²) in [7, 11) is 0. The summed E-state index contributed by atoms with van der Waals surface area (Å²) in [6, 6.07) is 2.82. The van der Waals surface area contributed by atoms with Crippen molar-refractivity contribution >= 4 is 5.78 Å². The average molecular weight is 167 g/mol. The van der Waals surface area contributed by atoms with Crippen molar-refractivity contribution in [3.63, 3.8) is 0 Å². The maximum atomic E-state index is 12.9. The second-order valence-corrected chi connectivity index (χ2v) is 2.50. The van der Waals surface area contributed by atoms with E-state index in [1.807, 2.05) is 0 Å². The van der Waals surface area contributed by atoms with Gasteiger partial charge in [0.15, 0.2) is 0 Å². The number of hydrogen-bond acceptors (Lipinski definition) is 2. The predicted molar refractivity (Wildman–Crippen MR) is 43.2 cm³/mol. The van der Waals surface area contributed by atoms with Crippen LogP contribution in [0.25, 0.3) is 0 Å². The SMILES string of the molecule is CCC(=O)Cc1ncccc1F. The summed E-state index contributed by atoms with van der Waals surface area (Å²) >= 11 is 0. The van der Waals surface area contributed by atoms with E-state index in [2.05, 4.69) is 4.98 Å². The molecule has 0 aliphatic heterocycles. The van der Waals surface area contributed by atoms with Gasteiger partial charge in [-0.05, 0) is 12.1 Å². The highest BCUT2D eigenvalue weighted by atomic mass is 19.1. The fraction of sp³-hybridized carbons (Fsp3) is 0.333. The third-order valence-electron chi connectivity index (χ3n) is 1.59. The van der Waals surface area contributed by atoms with Gasteiger partial charge in [-0.15, -0.1) is 0 Å². The van der Waals surface area contributed by atoms with Crippen molar-refractivity contribution in [1.82, 2.24) is 4.98 Å². The number of carbonyl (C=O) groups excluding carboxylic acids is 1. The van der Waals surface area contributed by atoms with E-state index in [-0.39, 0.29) is 17.9 Å². The molecule has 0 aliphatic carbocycles. The molecule has 0 aliphatic rings. The van der Waals surface area contributed by atoms with E-state index in [1.54, 1.807) is 6.92 Å². The number of aromatic nitrogens is 1. The van der Waals surface area contributed by atoms with Crippen molar-refractivity contribution < 1.29 is 9.18 Å². The van der Waals surface area contributed by atoms with Crippen LogP contribution in [-0.2, 0) is 11.2 Å². The Morgan fingerprint density at radius 3 is 3.00 bits per heavy atom. The summed E-state index contributed by atoms with van der Waals surface area (Å²) in [6.07, 6.45) is 2.01. The van der Waals surface area contributed by atoms with Gasteiger partial charge in [0.05, 0.1) is 12.1 Å². The van der Waals surface area contributed by atoms with Crippen molar-refractivity contribution in [3.05, 3.63) is 29.8 Å². The first-order chi connectivity index (χ1) is 5.74. The van der Waals surface area contributed by atoms with Crippen molar-refractivity contribution in [3.8, 4) is 0 Å². The molecule has 0 amide bonds. The third-order valence-corrected chi connectivity index (χ3v) is 1.59. The van der Waals surface area contributed by atoms with Gasteiger partial charge in [-0.2, -0.15) is 0 Å².